The fourth-order valence-electron chi connectivity index (χ4n) is 3.20. The van der Waals surface area contributed by atoms with Gasteiger partial charge in [0.05, 0.1) is 19.8 Å². The number of rotatable bonds is 7. The van der Waals surface area contributed by atoms with E-state index in [1.807, 2.05) is 25.1 Å². The highest BCUT2D eigenvalue weighted by Gasteiger charge is 2.28. The van der Waals surface area contributed by atoms with Crippen molar-refractivity contribution in [3.63, 3.8) is 0 Å². The third kappa shape index (κ3) is 4.72. The van der Waals surface area contributed by atoms with E-state index in [1.54, 1.807) is 18.2 Å². The minimum atomic E-state index is -0.640. The molecule has 0 unspecified atom stereocenters. The number of hydrogen-bond acceptors (Lipinski definition) is 7. The molecule has 0 amide bonds. The van der Waals surface area contributed by atoms with Gasteiger partial charge < -0.3 is 18.9 Å². The number of ether oxygens (including phenoxy) is 4. The molecule has 2 aromatic carbocycles. The first kappa shape index (κ1) is 20.9. The Bertz CT molecular complexity index is 1110. The first-order valence-electron chi connectivity index (χ1n) is 9.74. The van der Waals surface area contributed by atoms with E-state index in [2.05, 4.69) is 10.2 Å². The van der Waals surface area contributed by atoms with Crippen LogP contribution in [-0.4, -0.2) is 30.4 Å². The first-order chi connectivity index (χ1) is 15.0. The molecule has 0 aliphatic heterocycles. The van der Waals surface area contributed by atoms with Crippen LogP contribution < -0.4 is 18.9 Å². The number of aromatic nitrogens is 2. The normalized spacial score (nSPS) is 12.9. The number of aryl methyl sites for hydroxylation is 1. The average Bonchev–Trinajstić information content (AvgIpc) is 3.61. The number of carbonyl (C=O) groups excluding carboxylic acids is 1. The van der Waals surface area contributed by atoms with E-state index in [-0.39, 0.29) is 22.3 Å². The lowest BCUT2D eigenvalue weighted by Gasteiger charge is -2.15. The lowest BCUT2D eigenvalue weighted by atomic mass is 10.1. The maximum Gasteiger partial charge on any atom is 0.343 e. The number of para-hydroxylation sites is 1. The van der Waals surface area contributed by atoms with Crippen molar-refractivity contribution in [1.29, 1.82) is 0 Å². The second-order valence-corrected chi connectivity index (χ2v) is 7.58. The van der Waals surface area contributed by atoms with Gasteiger partial charge in [-0.1, -0.05) is 29.8 Å². The first-order valence-corrected chi connectivity index (χ1v) is 10.1. The van der Waals surface area contributed by atoms with E-state index in [1.165, 1.54) is 20.3 Å². The van der Waals surface area contributed by atoms with Crippen LogP contribution in [0, 0.1) is 6.92 Å². The quantitative estimate of drug-likeness (QED) is 0.458. The Hall–Kier alpha value is -3.32. The van der Waals surface area contributed by atoms with Crippen LogP contribution >= 0.6 is 11.6 Å². The van der Waals surface area contributed by atoms with Crippen molar-refractivity contribution in [2.75, 3.05) is 14.2 Å². The number of halogens is 1. The van der Waals surface area contributed by atoms with Crippen molar-refractivity contribution in [2.45, 2.75) is 25.7 Å². The maximum atomic E-state index is 12.8. The van der Waals surface area contributed by atoms with Gasteiger partial charge in [-0.2, -0.15) is 0 Å². The number of hydrogen-bond donors (Lipinski definition) is 0. The highest BCUT2D eigenvalue weighted by Crippen LogP contribution is 2.47. The fourth-order valence-corrected chi connectivity index (χ4v) is 3.33. The van der Waals surface area contributed by atoms with E-state index in [4.69, 9.17) is 30.5 Å². The van der Waals surface area contributed by atoms with Gasteiger partial charge >= 0.3 is 5.97 Å². The Morgan fingerprint density at radius 2 is 1.74 bits per heavy atom. The monoisotopic (exact) mass is 440 g/mol. The zero-order chi connectivity index (χ0) is 22.0. The van der Waals surface area contributed by atoms with Crippen LogP contribution in [0.5, 0.6) is 28.9 Å². The summed E-state index contributed by atoms with van der Waals surface area (Å²) in [5.41, 5.74) is 2.30. The molecule has 7 nitrogen and oxygen atoms in total. The Morgan fingerprint density at radius 3 is 2.39 bits per heavy atom. The largest absolute Gasteiger partial charge is 0.497 e. The summed E-state index contributed by atoms with van der Waals surface area (Å²) in [6.45, 7) is 1.96. The molecular weight excluding hydrogens is 420 g/mol. The van der Waals surface area contributed by atoms with Crippen molar-refractivity contribution < 1.29 is 23.7 Å². The lowest BCUT2D eigenvalue weighted by Crippen LogP contribution is -2.11. The fraction of sp³-hybridized carbons (Fsp3) is 0.261. The summed E-state index contributed by atoms with van der Waals surface area (Å²) in [5.74, 6) is 1.57. The van der Waals surface area contributed by atoms with Gasteiger partial charge in [0.2, 0.25) is 0 Å². The van der Waals surface area contributed by atoms with Crippen molar-refractivity contribution in [1.82, 2.24) is 10.2 Å². The molecular formula is C23H21ClN2O5. The highest BCUT2D eigenvalue weighted by molar-refractivity contribution is 6.29. The summed E-state index contributed by atoms with van der Waals surface area (Å²) < 4.78 is 22.1. The molecule has 0 bridgehead atoms. The van der Waals surface area contributed by atoms with Crippen molar-refractivity contribution >= 4 is 17.6 Å². The van der Waals surface area contributed by atoms with Gasteiger partial charge in [0.15, 0.2) is 10.9 Å². The summed E-state index contributed by atoms with van der Waals surface area (Å²) >= 11 is 6.01. The summed E-state index contributed by atoms with van der Waals surface area (Å²) in [6.07, 6.45) is 2.23. The molecule has 0 spiro atoms. The van der Waals surface area contributed by atoms with Crippen LogP contribution in [0.3, 0.4) is 0 Å². The van der Waals surface area contributed by atoms with Gasteiger partial charge in [-0.3, -0.25) is 0 Å². The SMILES string of the molecule is COc1cc(OC)cc(C(=O)Oc2cc(Cl)nnc2Oc2c(C)cccc2C2CC2)c1. The number of esters is 1. The highest BCUT2D eigenvalue weighted by atomic mass is 35.5. The van der Waals surface area contributed by atoms with E-state index >= 15 is 0 Å². The van der Waals surface area contributed by atoms with E-state index < -0.39 is 5.97 Å². The van der Waals surface area contributed by atoms with Gasteiger partial charge in [-0.05, 0) is 48.9 Å². The molecule has 31 heavy (non-hydrogen) atoms. The van der Waals surface area contributed by atoms with Crippen LogP contribution in [0.1, 0.15) is 40.2 Å². The topological polar surface area (TPSA) is 79.8 Å². The van der Waals surface area contributed by atoms with E-state index in [0.717, 1.165) is 24.0 Å². The zero-order valence-corrected chi connectivity index (χ0v) is 18.1. The lowest BCUT2D eigenvalue weighted by molar-refractivity contribution is 0.0728. The smallest absolute Gasteiger partial charge is 0.343 e. The van der Waals surface area contributed by atoms with E-state index in [0.29, 0.717) is 23.2 Å². The average molecular weight is 441 g/mol. The maximum absolute atomic E-state index is 12.8. The summed E-state index contributed by atoms with van der Waals surface area (Å²) in [5, 5.41) is 7.94. The summed E-state index contributed by atoms with van der Waals surface area (Å²) in [4.78, 5) is 12.8. The molecule has 1 aliphatic carbocycles. The molecule has 0 saturated heterocycles. The Morgan fingerprint density at radius 1 is 1.03 bits per heavy atom. The zero-order valence-electron chi connectivity index (χ0n) is 17.3. The van der Waals surface area contributed by atoms with Crippen LogP contribution in [0.4, 0.5) is 0 Å². The molecule has 1 heterocycles. The molecule has 1 aromatic heterocycles. The predicted molar refractivity (Wildman–Crippen MR) is 115 cm³/mol. The number of benzene rings is 2. The minimum absolute atomic E-state index is 0.0591. The predicted octanol–water partition coefficient (Wildman–Crippen LogP) is 5.34. The minimum Gasteiger partial charge on any atom is -0.497 e. The van der Waals surface area contributed by atoms with Crippen LogP contribution in [0.25, 0.3) is 0 Å². The van der Waals surface area contributed by atoms with Crippen molar-refractivity contribution in [3.05, 3.63) is 64.3 Å². The standard InChI is InChI=1S/C23H21ClN2O5/c1-13-5-4-6-18(14-7-8-14)21(13)31-22-19(12-20(24)25-26-22)30-23(27)15-9-16(28-2)11-17(10-15)29-3/h4-6,9-12,14H,7-8H2,1-3H3. The molecule has 1 fully saturated rings. The molecule has 0 N–H and O–H groups in total. The van der Waals surface area contributed by atoms with Gasteiger partial charge in [0.25, 0.3) is 5.88 Å². The molecule has 3 aromatic rings. The Kier molecular flexibility index (Phi) is 5.95. The van der Waals surface area contributed by atoms with Gasteiger partial charge in [-0.15, -0.1) is 10.2 Å². The van der Waals surface area contributed by atoms with Crippen LogP contribution in [0.2, 0.25) is 5.15 Å². The third-order valence-corrected chi connectivity index (χ3v) is 5.13. The Balaban J connectivity index is 1.65. The molecule has 0 radical (unpaired) electrons. The van der Waals surface area contributed by atoms with Gasteiger partial charge in [-0.25, -0.2) is 4.79 Å². The Labute approximate surface area is 184 Å². The van der Waals surface area contributed by atoms with Crippen LogP contribution in [-0.2, 0) is 0 Å². The summed E-state index contributed by atoms with van der Waals surface area (Å²) in [7, 11) is 3.00. The third-order valence-electron chi connectivity index (χ3n) is 4.95. The number of carbonyl (C=O) groups is 1. The second-order valence-electron chi connectivity index (χ2n) is 7.20. The van der Waals surface area contributed by atoms with Crippen LogP contribution in [0.15, 0.2) is 42.5 Å². The van der Waals surface area contributed by atoms with Crippen molar-refractivity contribution in [3.8, 4) is 28.9 Å². The summed E-state index contributed by atoms with van der Waals surface area (Å²) in [6, 6.07) is 12.2. The number of nitrogens with zero attached hydrogens (tertiary/aromatic N) is 2. The van der Waals surface area contributed by atoms with Crippen molar-refractivity contribution in [2.24, 2.45) is 0 Å². The molecule has 8 heteroatoms. The molecule has 0 atom stereocenters. The van der Waals surface area contributed by atoms with Gasteiger partial charge in [0, 0.05) is 12.1 Å². The van der Waals surface area contributed by atoms with E-state index in [9.17, 15) is 4.79 Å². The van der Waals surface area contributed by atoms with Gasteiger partial charge in [0.1, 0.15) is 17.2 Å². The number of methoxy groups -OCH3 is 2. The second kappa shape index (κ2) is 8.81. The molecule has 4 rings (SSSR count). The molecule has 1 saturated carbocycles. The molecule has 160 valence electrons. The molecule has 1 aliphatic rings.